The molecule has 0 amide bonds. The smallest absolute Gasteiger partial charge is 0.116 e. The maximum absolute atomic E-state index is 4.76. The standard InChI is InChI=1S/C25H20N2S3/c1-13-7-15-9-17-20(11-19(15)29-13)30-24-21(26-12-27-22(17)24)16-8-14-5-6-28-23(14)18(10-16)25(2,3)4/h5-12H,1-4H3. The van der Waals surface area contributed by atoms with Crippen LogP contribution in [0, 0.1) is 6.92 Å². The van der Waals surface area contributed by atoms with Crippen LogP contribution in [0.15, 0.2) is 48.1 Å². The highest BCUT2D eigenvalue weighted by atomic mass is 32.1. The van der Waals surface area contributed by atoms with E-state index in [0.29, 0.717) is 0 Å². The van der Waals surface area contributed by atoms with Crippen molar-refractivity contribution in [2.24, 2.45) is 0 Å². The van der Waals surface area contributed by atoms with Gasteiger partial charge in [0.1, 0.15) is 6.33 Å². The lowest BCUT2D eigenvalue weighted by atomic mass is 9.85. The first-order chi connectivity index (χ1) is 14.4. The summed E-state index contributed by atoms with van der Waals surface area (Å²) >= 11 is 5.50. The molecule has 2 aromatic carbocycles. The third kappa shape index (κ3) is 2.73. The van der Waals surface area contributed by atoms with Crippen LogP contribution < -0.4 is 0 Å². The molecule has 0 radical (unpaired) electrons. The maximum atomic E-state index is 4.76. The molecule has 6 aromatic rings. The quantitative estimate of drug-likeness (QED) is 0.254. The molecule has 0 fully saturated rings. The molecule has 4 heterocycles. The SMILES string of the molecule is Cc1cc2cc3c(cc2s1)sc1c(-c2cc(C(C)(C)C)c4sccc4c2)ncnc13. The number of aromatic nitrogens is 2. The number of fused-ring (bicyclic) bond motifs is 5. The molecule has 0 aliphatic carbocycles. The number of aryl methyl sites for hydroxylation is 1. The summed E-state index contributed by atoms with van der Waals surface area (Å²) in [6, 6.07) is 13.7. The van der Waals surface area contributed by atoms with E-state index in [9.17, 15) is 0 Å². The van der Waals surface area contributed by atoms with E-state index in [1.54, 1.807) is 6.33 Å². The van der Waals surface area contributed by atoms with E-state index in [1.165, 1.54) is 51.0 Å². The molecule has 6 rings (SSSR count). The predicted octanol–water partition coefficient (Wildman–Crippen LogP) is 8.55. The number of hydrogen-bond donors (Lipinski definition) is 0. The van der Waals surface area contributed by atoms with E-state index >= 15 is 0 Å². The van der Waals surface area contributed by atoms with Gasteiger partial charge in [-0.2, -0.15) is 0 Å². The molecule has 0 bridgehead atoms. The van der Waals surface area contributed by atoms with Gasteiger partial charge < -0.3 is 0 Å². The van der Waals surface area contributed by atoms with Crippen LogP contribution in [0.25, 0.3) is 51.7 Å². The molecule has 5 heteroatoms. The Morgan fingerprint density at radius 2 is 1.70 bits per heavy atom. The van der Waals surface area contributed by atoms with E-state index in [-0.39, 0.29) is 5.41 Å². The molecule has 4 aromatic heterocycles. The number of rotatable bonds is 1. The molecule has 0 spiro atoms. The minimum Gasteiger partial charge on any atom is -0.235 e. The molecule has 2 nitrogen and oxygen atoms in total. The number of nitrogens with zero attached hydrogens (tertiary/aromatic N) is 2. The molecular formula is C25H20N2S3. The normalized spacial score (nSPS) is 12.7. The summed E-state index contributed by atoms with van der Waals surface area (Å²) in [4.78, 5) is 10.8. The second-order valence-electron chi connectivity index (χ2n) is 8.86. The molecule has 0 aliphatic heterocycles. The summed E-state index contributed by atoms with van der Waals surface area (Å²) in [5.41, 5.74) is 4.75. The zero-order valence-electron chi connectivity index (χ0n) is 17.2. The van der Waals surface area contributed by atoms with Gasteiger partial charge in [0.2, 0.25) is 0 Å². The van der Waals surface area contributed by atoms with Gasteiger partial charge in [-0.15, -0.1) is 34.0 Å². The van der Waals surface area contributed by atoms with E-state index in [0.717, 1.165) is 11.2 Å². The zero-order valence-corrected chi connectivity index (χ0v) is 19.7. The van der Waals surface area contributed by atoms with Crippen LogP contribution in [-0.2, 0) is 5.41 Å². The Hall–Kier alpha value is -2.34. The lowest BCUT2D eigenvalue weighted by Crippen LogP contribution is -2.11. The number of benzene rings is 2. The Kier molecular flexibility index (Phi) is 3.89. The van der Waals surface area contributed by atoms with Crippen molar-refractivity contribution >= 4 is 74.5 Å². The van der Waals surface area contributed by atoms with E-state index in [4.69, 9.17) is 9.97 Å². The van der Waals surface area contributed by atoms with Gasteiger partial charge in [0.15, 0.2) is 0 Å². The van der Waals surface area contributed by atoms with Gasteiger partial charge >= 0.3 is 0 Å². The Balaban J connectivity index is 1.66. The Labute approximate surface area is 186 Å². The molecule has 0 saturated carbocycles. The highest BCUT2D eigenvalue weighted by Gasteiger charge is 2.21. The first-order valence-electron chi connectivity index (χ1n) is 9.98. The Morgan fingerprint density at radius 1 is 0.833 bits per heavy atom. The molecule has 148 valence electrons. The van der Waals surface area contributed by atoms with Gasteiger partial charge in [-0.1, -0.05) is 20.8 Å². The van der Waals surface area contributed by atoms with E-state index in [2.05, 4.69) is 69.5 Å². The van der Waals surface area contributed by atoms with Crippen molar-refractivity contribution in [3.8, 4) is 11.3 Å². The minimum atomic E-state index is 0.0770. The molecule has 0 atom stereocenters. The van der Waals surface area contributed by atoms with Gasteiger partial charge in [-0.3, -0.25) is 0 Å². The van der Waals surface area contributed by atoms with Gasteiger partial charge in [0, 0.05) is 29.9 Å². The predicted molar refractivity (Wildman–Crippen MR) is 135 cm³/mol. The molecule has 0 unspecified atom stereocenters. The van der Waals surface area contributed by atoms with Crippen molar-refractivity contribution in [1.29, 1.82) is 0 Å². The van der Waals surface area contributed by atoms with Crippen LogP contribution in [0.4, 0.5) is 0 Å². The fraction of sp³-hybridized carbons (Fsp3) is 0.200. The van der Waals surface area contributed by atoms with Crippen molar-refractivity contribution in [3.63, 3.8) is 0 Å². The molecule has 0 N–H and O–H groups in total. The van der Waals surface area contributed by atoms with Crippen molar-refractivity contribution in [2.75, 3.05) is 0 Å². The van der Waals surface area contributed by atoms with Crippen LogP contribution in [-0.4, -0.2) is 9.97 Å². The zero-order chi connectivity index (χ0) is 20.6. The monoisotopic (exact) mass is 444 g/mol. The first kappa shape index (κ1) is 18.4. The summed E-state index contributed by atoms with van der Waals surface area (Å²) in [5.74, 6) is 0. The van der Waals surface area contributed by atoms with Crippen LogP contribution in [0.1, 0.15) is 31.2 Å². The van der Waals surface area contributed by atoms with Crippen molar-refractivity contribution < 1.29 is 0 Å². The third-order valence-electron chi connectivity index (χ3n) is 5.65. The van der Waals surface area contributed by atoms with Crippen LogP contribution >= 0.6 is 34.0 Å². The fourth-order valence-corrected chi connectivity index (χ4v) is 7.54. The highest BCUT2D eigenvalue weighted by Crippen LogP contribution is 2.43. The topological polar surface area (TPSA) is 25.8 Å². The Morgan fingerprint density at radius 3 is 2.53 bits per heavy atom. The molecular weight excluding hydrogens is 424 g/mol. The summed E-state index contributed by atoms with van der Waals surface area (Å²) in [7, 11) is 0. The van der Waals surface area contributed by atoms with Gasteiger partial charge in [-0.25, -0.2) is 9.97 Å². The van der Waals surface area contributed by atoms with Crippen LogP contribution in [0.2, 0.25) is 0 Å². The minimum absolute atomic E-state index is 0.0770. The summed E-state index contributed by atoms with van der Waals surface area (Å²) in [6.45, 7) is 9.03. The van der Waals surface area contributed by atoms with Crippen LogP contribution in [0.3, 0.4) is 0 Å². The van der Waals surface area contributed by atoms with Crippen molar-refractivity contribution in [2.45, 2.75) is 33.1 Å². The lowest BCUT2D eigenvalue weighted by molar-refractivity contribution is 0.597. The summed E-state index contributed by atoms with van der Waals surface area (Å²) < 4.78 is 5.18. The summed E-state index contributed by atoms with van der Waals surface area (Å²) in [6.07, 6.45) is 1.72. The average molecular weight is 445 g/mol. The van der Waals surface area contributed by atoms with Crippen molar-refractivity contribution in [3.05, 3.63) is 58.5 Å². The second kappa shape index (κ2) is 6.33. The van der Waals surface area contributed by atoms with E-state index in [1.807, 2.05) is 34.0 Å². The molecule has 0 aliphatic rings. The Bertz CT molecular complexity index is 1590. The highest BCUT2D eigenvalue weighted by molar-refractivity contribution is 7.26. The molecule has 0 saturated heterocycles. The first-order valence-corrected chi connectivity index (χ1v) is 12.5. The van der Waals surface area contributed by atoms with Gasteiger partial charge in [0.25, 0.3) is 0 Å². The third-order valence-corrected chi connectivity index (χ3v) is 8.77. The second-order valence-corrected chi connectivity index (χ2v) is 12.1. The van der Waals surface area contributed by atoms with Crippen LogP contribution in [0.5, 0.6) is 0 Å². The summed E-state index contributed by atoms with van der Waals surface area (Å²) in [5, 5.41) is 6.02. The maximum Gasteiger partial charge on any atom is 0.116 e. The number of thiophene rings is 3. The molecule has 30 heavy (non-hydrogen) atoms. The fourth-order valence-electron chi connectivity index (χ4n) is 4.22. The van der Waals surface area contributed by atoms with Crippen molar-refractivity contribution in [1.82, 2.24) is 9.97 Å². The average Bonchev–Trinajstić information content (AvgIpc) is 3.39. The van der Waals surface area contributed by atoms with Gasteiger partial charge in [0.05, 0.1) is 15.9 Å². The number of hydrogen-bond acceptors (Lipinski definition) is 5. The lowest BCUT2D eigenvalue weighted by Gasteiger charge is -2.21. The largest absolute Gasteiger partial charge is 0.235 e. The van der Waals surface area contributed by atoms with Gasteiger partial charge in [-0.05, 0) is 70.5 Å². The van der Waals surface area contributed by atoms with E-state index < -0.39 is 0 Å².